The zero-order valence-electron chi connectivity index (χ0n) is 21.2. The number of benzene rings is 1. The van der Waals surface area contributed by atoms with Gasteiger partial charge in [-0.1, -0.05) is 25.1 Å². The van der Waals surface area contributed by atoms with Gasteiger partial charge in [-0.15, -0.1) is 5.06 Å². The first-order valence-electron chi connectivity index (χ1n) is 13.3. The van der Waals surface area contributed by atoms with Gasteiger partial charge in [-0.3, -0.25) is 0 Å². The summed E-state index contributed by atoms with van der Waals surface area (Å²) in [6.45, 7) is 6.54. The smallest absolute Gasteiger partial charge is 0.332 e. The molecule has 7 nitrogen and oxygen atoms in total. The lowest BCUT2D eigenvalue weighted by molar-refractivity contribution is -0.189. The normalized spacial score (nSPS) is 23.1. The molecular weight excluding hydrogens is 459 g/mol. The maximum absolute atomic E-state index is 15.6. The SMILES string of the molecule is CC[C@@H](C(=O)ON1CC[C@](F)(CCc2ccc3c(n2)NCCC3)C1)c1cccc(N2CCOCC2)c1. The number of halogens is 1. The van der Waals surface area contributed by atoms with Gasteiger partial charge in [-0.2, -0.15) is 0 Å². The standard InChI is InChI=1S/C28H37FN4O3/c1-2-25(22-5-3-7-24(19-22)32-15-17-35-18-16-32)27(34)36-33-14-12-28(29,20-33)11-10-23-9-8-21-6-4-13-30-26(21)31-23/h3,5,7-9,19,25H,2,4,6,10-18,20H2,1H3,(H,30,31)/t25-,28-/m1/s1. The molecule has 0 bridgehead atoms. The van der Waals surface area contributed by atoms with Crippen molar-refractivity contribution in [1.82, 2.24) is 10.0 Å². The molecule has 0 unspecified atom stereocenters. The number of hydrogen-bond acceptors (Lipinski definition) is 7. The molecule has 3 aliphatic rings. The van der Waals surface area contributed by atoms with Crippen molar-refractivity contribution < 1.29 is 18.8 Å². The van der Waals surface area contributed by atoms with Crippen LogP contribution in [-0.2, 0) is 27.2 Å². The summed E-state index contributed by atoms with van der Waals surface area (Å²) in [5, 5.41) is 4.85. The highest BCUT2D eigenvalue weighted by Gasteiger charge is 2.40. The lowest BCUT2D eigenvalue weighted by Crippen LogP contribution is -2.36. The third-order valence-electron chi connectivity index (χ3n) is 7.61. The van der Waals surface area contributed by atoms with Crippen molar-refractivity contribution in [3.8, 4) is 0 Å². The van der Waals surface area contributed by atoms with Crippen molar-refractivity contribution in [3.63, 3.8) is 0 Å². The van der Waals surface area contributed by atoms with Gasteiger partial charge in [-0.25, -0.2) is 14.2 Å². The zero-order valence-corrected chi connectivity index (χ0v) is 21.2. The second-order valence-electron chi connectivity index (χ2n) is 10.2. The van der Waals surface area contributed by atoms with Crippen LogP contribution in [0.5, 0.6) is 0 Å². The average Bonchev–Trinajstić information content (AvgIpc) is 3.29. The Morgan fingerprint density at radius 2 is 2.11 bits per heavy atom. The first-order chi connectivity index (χ1) is 17.5. The van der Waals surface area contributed by atoms with Gasteiger partial charge in [0, 0.05) is 37.6 Å². The van der Waals surface area contributed by atoms with Gasteiger partial charge in [0.1, 0.15) is 11.5 Å². The molecule has 1 N–H and O–H groups in total. The summed E-state index contributed by atoms with van der Waals surface area (Å²) < 4.78 is 21.1. The number of alkyl halides is 1. The third-order valence-corrected chi connectivity index (χ3v) is 7.61. The second kappa shape index (κ2) is 11.1. The number of nitrogens with zero attached hydrogens (tertiary/aromatic N) is 3. The van der Waals surface area contributed by atoms with Crippen LogP contribution in [-0.4, -0.2) is 67.6 Å². The predicted octanol–water partition coefficient (Wildman–Crippen LogP) is 4.27. The zero-order chi connectivity index (χ0) is 25.0. The topological polar surface area (TPSA) is 66.9 Å². The maximum Gasteiger partial charge on any atom is 0.332 e. The van der Waals surface area contributed by atoms with Crippen molar-refractivity contribution in [3.05, 3.63) is 53.2 Å². The molecular formula is C28H37FN4O3. The molecule has 194 valence electrons. The van der Waals surface area contributed by atoms with Crippen LogP contribution in [0.4, 0.5) is 15.9 Å². The van der Waals surface area contributed by atoms with Crippen LogP contribution >= 0.6 is 0 Å². The number of anilines is 2. The number of ether oxygens (including phenoxy) is 1. The highest BCUT2D eigenvalue weighted by molar-refractivity contribution is 5.78. The lowest BCUT2D eigenvalue weighted by atomic mass is 9.96. The quantitative estimate of drug-likeness (QED) is 0.585. The number of rotatable bonds is 8. The number of aryl methyl sites for hydroxylation is 2. The van der Waals surface area contributed by atoms with E-state index in [0.29, 0.717) is 45.4 Å². The number of aromatic nitrogens is 1. The molecule has 2 aromatic rings. The highest BCUT2D eigenvalue weighted by Crippen LogP contribution is 2.33. The number of carbonyl (C=O) groups excluding carboxylic acids is 1. The molecule has 36 heavy (non-hydrogen) atoms. The molecule has 1 aromatic heterocycles. The summed E-state index contributed by atoms with van der Waals surface area (Å²) in [5.74, 6) is 0.244. The van der Waals surface area contributed by atoms with Gasteiger partial charge in [0.25, 0.3) is 0 Å². The van der Waals surface area contributed by atoms with Crippen LogP contribution in [0.15, 0.2) is 36.4 Å². The van der Waals surface area contributed by atoms with Crippen molar-refractivity contribution in [1.29, 1.82) is 0 Å². The predicted molar refractivity (Wildman–Crippen MR) is 138 cm³/mol. The van der Waals surface area contributed by atoms with Crippen LogP contribution < -0.4 is 10.2 Å². The lowest BCUT2D eigenvalue weighted by Gasteiger charge is -2.29. The van der Waals surface area contributed by atoms with E-state index in [4.69, 9.17) is 14.6 Å². The molecule has 0 aliphatic carbocycles. The maximum atomic E-state index is 15.6. The second-order valence-corrected chi connectivity index (χ2v) is 10.2. The molecule has 3 aliphatic heterocycles. The molecule has 0 spiro atoms. The Bertz CT molecular complexity index is 1060. The van der Waals surface area contributed by atoms with Gasteiger partial charge in [0.2, 0.25) is 0 Å². The number of hydroxylamine groups is 2. The Hall–Kier alpha value is -2.71. The molecule has 1 aromatic carbocycles. The highest BCUT2D eigenvalue weighted by atomic mass is 19.1. The van der Waals surface area contributed by atoms with E-state index in [1.54, 1.807) is 0 Å². The Kier molecular flexibility index (Phi) is 7.72. The van der Waals surface area contributed by atoms with Crippen LogP contribution in [0.1, 0.15) is 55.3 Å². The van der Waals surface area contributed by atoms with E-state index in [9.17, 15) is 4.79 Å². The van der Waals surface area contributed by atoms with Crippen molar-refractivity contribution in [2.45, 2.75) is 57.0 Å². The van der Waals surface area contributed by atoms with E-state index in [1.165, 1.54) is 10.6 Å². The number of carbonyl (C=O) groups is 1. The first-order valence-corrected chi connectivity index (χ1v) is 13.3. The summed E-state index contributed by atoms with van der Waals surface area (Å²) in [4.78, 5) is 25.8. The number of hydrogen-bond donors (Lipinski definition) is 1. The number of pyridine rings is 1. The summed E-state index contributed by atoms with van der Waals surface area (Å²) in [7, 11) is 0. The molecule has 0 saturated carbocycles. The number of fused-ring (bicyclic) bond motifs is 1. The fourth-order valence-corrected chi connectivity index (χ4v) is 5.43. The Morgan fingerprint density at radius 3 is 2.94 bits per heavy atom. The van der Waals surface area contributed by atoms with E-state index >= 15 is 4.39 Å². The summed E-state index contributed by atoms with van der Waals surface area (Å²) >= 11 is 0. The minimum absolute atomic E-state index is 0.103. The summed E-state index contributed by atoms with van der Waals surface area (Å²) in [6, 6.07) is 12.2. The van der Waals surface area contributed by atoms with Gasteiger partial charge in [0.05, 0.1) is 25.7 Å². The first kappa shape index (κ1) is 25.0. The van der Waals surface area contributed by atoms with Crippen LogP contribution in [0.2, 0.25) is 0 Å². The Labute approximate surface area is 212 Å². The van der Waals surface area contributed by atoms with Crippen molar-refractivity contribution in [2.24, 2.45) is 0 Å². The van der Waals surface area contributed by atoms with Crippen LogP contribution in [0.25, 0.3) is 0 Å². The van der Waals surface area contributed by atoms with E-state index in [0.717, 1.165) is 55.2 Å². The largest absolute Gasteiger partial charge is 0.378 e. The summed E-state index contributed by atoms with van der Waals surface area (Å²) in [6.07, 6.45) is 4.07. The molecule has 8 heteroatoms. The van der Waals surface area contributed by atoms with E-state index < -0.39 is 5.67 Å². The van der Waals surface area contributed by atoms with Crippen molar-refractivity contribution >= 4 is 17.5 Å². The molecule has 4 heterocycles. The molecule has 5 rings (SSSR count). The van der Waals surface area contributed by atoms with E-state index in [1.807, 2.05) is 25.1 Å². The van der Waals surface area contributed by atoms with E-state index in [2.05, 4.69) is 28.4 Å². The Morgan fingerprint density at radius 1 is 1.25 bits per heavy atom. The fraction of sp³-hybridized carbons (Fsp3) is 0.571. The van der Waals surface area contributed by atoms with Gasteiger partial charge in [-0.05, 0) is 67.9 Å². The molecule has 2 saturated heterocycles. The van der Waals surface area contributed by atoms with Crippen molar-refractivity contribution in [2.75, 3.05) is 56.2 Å². The monoisotopic (exact) mass is 496 g/mol. The van der Waals surface area contributed by atoms with E-state index in [-0.39, 0.29) is 18.4 Å². The number of nitrogens with one attached hydrogen (secondary N) is 1. The van der Waals surface area contributed by atoms with Gasteiger partial charge < -0.3 is 19.8 Å². The molecule has 0 radical (unpaired) electrons. The van der Waals surface area contributed by atoms with Crippen LogP contribution in [0, 0.1) is 0 Å². The molecule has 0 amide bonds. The summed E-state index contributed by atoms with van der Waals surface area (Å²) in [5.41, 5.74) is 2.78. The third kappa shape index (κ3) is 5.81. The Balaban J connectivity index is 1.16. The molecule has 2 atom stereocenters. The minimum Gasteiger partial charge on any atom is -0.378 e. The number of morpholine rings is 1. The average molecular weight is 497 g/mol. The van der Waals surface area contributed by atoms with Gasteiger partial charge >= 0.3 is 5.97 Å². The fourth-order valence-electron chi connectivity index (χ4n) is 5.43. The molecule has 2 fully saturated rings. The van der Waals surface area contributed by atoms with Gasteiger partial charge in [0.15, 0.2) is 0 Å². The minimum atomic E-state index is -1.39. The van der Waals surface area contributed by atoms with Crippen LogP contribution in [0.3, 0.4) is 0 Å².